The fraction of sp³-hybridized carbons (Fsp3) is 0.833. The van der Waals surface area contributed by atoms with Gasteiger partial charge in [0.15, 0.2) is 0 Å². The van der Waals surface area contributed by atoms with Crippen LogP contribution < -0.4 is 5.32 Å². The molecule has 0 saturated heterocycles. The summed E-state index contributed by atoms with van der Waals surface area (Å²) in [6.07, 6.45) is 12.5. The van der Waals surface area contributed by atoms with Crippen molar-refractivity contribution < 1.29 is 14.6 Å². The van der Waals surface area contributed by atoms with Gasteiger partial charge in [0.1, 0.15) is 5.60 Å². The van der Waals surface area contributed by atoms with Crippen molar-refractivity contribution in [1.29, 1.82) is 0 Å². The van der Waals surface area contributed by atoms with Gasteiger partial charge in [-0.15, -0.1) is 0 Å². The minimum absolute atomic E-state index is 0.0546. The Morgan fingerprint density at radius 3 is 2.74 bits per heavy atom. The molecule has 0 radical (unpaired) electrons. The molecule has 0 spiro atoms. The molecule has 0 unspecified atom stereocenters. The fourth-order valence-electron chi connectivity index (χ4n) is 9.61. The second-order valence-electron chi connectivity index (χ2n) is 13.4. The Hall–Kier alpha value is -1.29. The van der Waals surface area contributed by atoms with E-state index in [9.17, 15) is 9.90 Å². The molecule has 4 nitrogen and oxygen atoms in total. The van der Waals surface area contributed by atoms with E-state index < -0.39 is 0 Å². The topological polar surface area (TPSA) is 58.6 Å². The van der Waals surface area contributed by atoms with E-state index in [1.54, 1.807) is 12.5 Å². The van der Waals surface area contributed by atoms with E-state index >= 15 is 0 Å². The normalized spacial score (nSPS) is 46.0. The SMILES string of the molecule is CC(=O)NC[C@H](C)CCC1=C(C)[C@H]2[C@@]3(C)CC[C@H]4[C@@H](CC=C5C[C@@H](O)CC[C@@]54C)[C@H]3C[C@]2(C)O1. The summed E-state index contributed by atoms with van der Waals surface area (Å²) in [4.78, 5) is 11.3. The molecule has 1 heterocycles. The maximum Gasteiger partial charge on any atom is 0.216 e. The molecule has 190 valence electrons. The second kappa shape index (κ2) is 8.39. The summed E-state index contributed by atoms with van der Waals surface area (Å²) >= 11 is 0. The molecule has 0 aromatic heterocycles. The maximum atomic E-state index is 11.3. The number of nitrogens with one attached hydrogen (secondary N) is 1. The molecule has 0 aromatic carbocycles. The van der Waals surface area contributed by atoms with Crippen LogP contribution >= 0.6 is 0 Å². The van der Waals surface area contributed by atoms with Gasteiger partial charge in [0.25, 0.3) is 0 Å². The van der Waals surface area contributed by atoms with Crippen LogP contribution in [0.5, 0.6) is 0 Å². The number of allylic oxidation sites excluding steroid dienone is 2. The molecule has 34 heavy (non-hydrogen) atoms. The zero-order valence-electron chi connectivity index (χ0n) is 22.4. The molecule has 5 rings (SSSR count). The minimum Gasteiger partial charge on any atom is -0.491 e. The highest BCUT2D eigenvalue weighted by Crippen LogP contribution is 2.71. The molecule has 2 N–H and O–H groups in total. The molecule has 3 saturated carbocycles. The van der Waals surface area contributed by atoms with Crippen molar-refractivity contribution in [2.75, 3.05) is 6.54 Å². The van der Waals surface area contributed by atoms with E-state index in [2.05, 4.69) is 46.0 Å². The standard InChI is InChI=1S/C30H47NO3/c1-18(17-31-20(3)32)7-10-26-19(2)27-29(5)14-12-24-23(25(29)16-30(27,6)34-26)9-8-21-15-22(33)11-13-28(21,24)4/h8,18,22-25,27,33H,7,9-17H2,1-6H3,(H,31,32)/t18-,22+,23-,24+,25-,27+,28+,29+,30+/m1/s1. The number of carbonyl (C=O) groups excluding carboxylic acids is 1. The molecule has 4 aliphatic carbocycles. The van der Waals surface area contributed by atoms with Crippen LogP contribution in [0.3, 0.4) is 0 Å². The zero-order chi connectivity index (χ0) is 24.5. The monoisotopic (exact) mass is 469 g/mol. The maximum absolute atomic E-state index is 11.3. The Labute approximate surface area is 207 Å². The minimum atomic E-state index is -0.130. The molecule has 0 bridgehead atoms. The van der Waals surface area contributed by atoms with Crippen molar-refractivity contribution in [3.63, 3.8) is 0 Å². The van der Waals surface area contributed by atoms with Crippen LogP contribution in [-0.4, -0.2) is 29.3 Å². The van der Waals surface area contributed by atoms with Gasteiger partial charge in [0, 0.05) is 25.8 Å². The summed E-state index contributed by atoms with van der Waals surface area (Å²) in [6, 6.07) is 0. The lowest BCUT2D eigenvalue weighted by Gasteiger charge is -2.57. The second-order valence-corrected chi connectivity index (χ2v) is 13.4. The summed E-state index contributed by atoms with van der Waals surface area (Å²) in [5, 5.41) is 13.3. The number of aliphatic hydroxyl groups excluding tert-OH is 1. The molecule has 5 aliphatic rings. The number of amides is 1. The molecule has 1 aliphatic heterocycles. The van der Waals surface area contributed by atoms with E-state index in [1.807, 2.05) is 0 Å². The van der Waals surface area contributed by atoms with Crippen LogP contribution in [0.25, 0.3) is 0 Å². The number of ether oxygens (including phenoxy) is 1. The van der Waals surface area contributed by atoms with Gasteiger partial charge in [-0.3, -0.25) is 4.79 Å². The van der Waals surface area contributed by atoms with Gasteiger partial charge in [-0.2, -0.15) is 0 Å². The van der Waals surface area contributed by atoms with Crippen LogP contribution in [0.15, 0.2) is 23.0 Å². The summed E-state index contributed by atoms with van der Waals surface area (Å²) in [6.45, 7) is 14.4. The molecule has 0 aromatic rings. The van der Waals surface area contributed by atoms with E-state index in [-0.39, 0.29) is 17.6 Å². The Bertz CT molecular complexity index is 907. The van der Waals surface area contributed by atoms with Crippen LogP contribution in [0, 0.1) is 40.4 Å². The van der Waals surface area contributed by atoms with E-state index in [1.165, 1.54) is 37.0 Å². The van der Waals surface area contributed by atoms with Crippen molar-refractivity contribution in [2.45, 2.75) is 111 Å². The van der Waals surface area contributed by atoms with Gasteiger partial charge in [0.2, 0.25) is 5.91 Å². The van der Waals surface area contributed by atoms with Crippen molar-refractivity contribution in [3.8, 4) is 0 Å². The lowest BCUT2D eigenvalue weighted by atomic mass is 9.47. The lowest BCUT2D eigenvalue weighted by molar-refractivity contribution is -0.119. The first kappa shape index (κ1) is 24.4. The first-order valence-electron chi connectivity index (χ1n) is 14.0. The first-order chi connectivity index (χ1) is 16.0. The van der Waals surface area contributed by atoms with Crippen molar-refractivity contribution >= 4 is 5.91 Å². The smallest absolute Gasteiger partial charge is 0.216 e. The summed E-state index contributed by atoms with van der Waals surface area (Å²) < 4.78 is 6.89. The number of rotatable bonds is 5. The third-order valence-electron chi connectivity index (χ3n) is 11.2. The molecule has 4 heteroatoms. The van der Waals surface area contributed by atoms with E-state index in [0.717, 1.165) is 56.4 Å². The van der Waals surface area contributed by atoms with Crippen LogP contribution in [0.1, 0.15) is 99.3 Å². The lowest BCUT2D eigenvalue weighted by Crippen LogP contribution is -2.50. The Kier molecular flexibility index (Phi) is 6.02. The summed E-state index contributed by atoms with van der Waals surface area (Å²) in [5.41, 5.74) is 3.62. The van der Waals surface area contributed by atoms with Gasteiger partial charge in [-0.25, -0.2) is 0 Å². The average Bonchev–Trinajstić information content (AvgIpc) is 3.17. The van der Waals surface area contributed by atoms with Gasteiger partial charge in [0.05, 0.1) is 11.9 Å². The van der Waals surface area contributed by atoms with Gasteiger partial charge in [-0.05, 0) is 105 Å². The molecule has 9 atom stereocenters. The summed E-state index contributed by atoms with van der Waals surface area (Å²) in [7, 11) is 0. The van der Waals surface area contributed by atoms with Crippen molar-refractivity contribution in [1.82, 2.24) is 5.32 Å². The van der Waals surface area contributed by atoms with Crippen LogP contribution in [0.2, 0.25) is 0 Å². The number of hydrogen-bond acceptors (Lipinski definition) is 3. The van der Waals surface area contributed by atoms with E-state index in [4.69, 9.17) is 4.74 Å². The highest BCUT2D eigenvalue weighted by molar-refractivity contribution is 5.72. The highest BCUT2D eigenvalue weighted by atomic mass is 16.5. The largest absolute Gasteiger partial charge is 0.491 e. The number of fused-ring (bicyclic) bond motifs is 7. The number of aliphatic hydroxyl groups is 1. The number of carbonyl (C=O) groups is 1. The predicted octanol–water partition coefficient (Wildman–Crippen LogP) is 6.15. The third-order valence-corrected chi connectivity index (χ3v) is 11.2. The van der Waals surface area contributed by atoms with Crippen molar-refractivity contribution in [3.05, 3.63) is 23.0 Å². The number of hydrogen-bond donors (Lipinski definition) is 2. The van der Waals surface area contributed by atoms with Crippen LogP contribution in [0.4, 0.5) is 0 Å². The fourth-order valence-corrected chi connectivity index (χ4v) is 9.61. The Morgan fingerprint density at radius 1 is 1.24 bits per heavy atom. The summed E-state index contributed by atoms with van der Waals surface area (Å²) in [5.74, 6) is 4.51. The first-order valence-corrected chi connectivity index (χ1v) is 14.0. The van der Waals surface area contributed by atoms with E-state index in [0.29, 0.717) is 22.7 Å². The van der Waals surface area contributed by atoms with Crippen LogP contribution in [-0.2, 0) is 9.53 Å². The zero-order valence-corrected chi connectivity index (χ0v) is 22.4. The predicted molar refractivity (Wildman–Crippen MR) is 136 cm³/mol. The van der Waals surface area contributed by atoms with Gasteiger partial charge in [-0.1, -0.05) is 32.4 Å². The Balaban J connectivity index is 1.34. The molecular formula is C30H47NO3. The molecule has 3 fully saturated rings. The third kappa shape index (κ3) is 3.69. The quantitative estimate of drug-likeness (QED) is 0.475. The van der Waals surface area contributed by atoms with Gasteiger partial charge < -0.3 is 15.2 Å². The molecular weight excluding hydrogens is 422 g/mol. The van der Waals surface area contributed by atoms with Gasteiger partial charge >= 0.3 is 0 Å². The highest BCUT2D eigenvalue weighted by Gasteiger charge is 2.67. The average molecular weight is 470 g/mol. The Morgan fingerprint density at radius 2 is 2.00 bits per heavy atom. The molecule has 1 amide bonds. The van der Waals surface area contributed by atoms with Crippen molar-refractivity contribution in [2.24, 2.45) is 40.4 Å².